The Bertz CT molecular complexity index is 745. The third kappa shape index (κ3) is 6.08. The van der Waals surface area contributed by atoms with Gasteiger partial charge < -0.3 is 9.47 Å². The lowest BCUT2D eigenvalue weighted by molar-refractivity contribution is 0.0955. The highest BCUT2D eigenvalue weighted by Gasteiger charge is 2.06. The normalized spacial score (nSPS) is 10.7. The van der Waals surface area contributed by atoms with E-state index in [1.54, 1.807) is 30.5 Å². The summed E-state index contributed by atoms with van der Waals surface area (Å²) in [5.74, 6) is 1.11. The predicted molar refractivity (Wildman–Crippen MR) is 105 cm³/mol. The lowest BCUT2D eigenvalue weighted by atomic mass is 10.2. The summed E-state index contributed by atoms with van der Waals surface area (Å²) >= 11 is 5.82. The molecule has 0 aliphatic carbocycles. The van der Waals surface area contributed by atoms with Crippen LogP contribution in [0.1, 0.15) is 42.6 Å². The van der Waals surface area contributed by atoms with Crippen molar-refractivity contribution in [2.24, 2.45) is 5.10 Å². The van der Waals surface area contributed by atoms with Crippen molar-refractivity contribution in [2.45, 2.75) is 26.7 Å². The molecule has 0 aliphatic heterocycles. The molecule has 0 aliphatic rings. The molecule has 0 saturated carbocycles. The second kappa shape index (κ2) is 10.5. The van der Waals surface area contributed by atoms with E-state index in [4.69, 9.17) is 21.1 Å². The maximum Gasteiger partial charge on any atom is 0.271 e. The van der Waals surface area contributed by atoms with Crippen LogP contribution in [-0.4, -0.2) is 25.3 Å². The SMILES string of the molecule is CCCOc1ccc(/C=N/NC(=O)c2ccc(Cl)cc2)c(OCCC)c1. The number of nitrogens with one attached hydrogen (secondary N) is 1. The van der Waals surface area contributed by atoms with Gasteiger partial charge >= 0.3 is 0 Å². The van der Waals surface area contributed by atoms with Crippen LogP contribution < -0.4 is 14.9 Å². The van der Waals surface area contributed by atoms with Gasteiger partial charge in [0.15, 0.2) is 0 Å². The first-order valence-corrected chi connectivity index (χ1v) is 9.00. The molecule has 0 aromatic heterocycles. The number of carbonyl (C=O) groups is 1. The van der Waals surface area contributed by atoms with Gasteiger partial charge in [0.2, 0.25) is 0 Å². The maximum absolute atomic E-state index is 12.1. The summed E-state index contributed by atoms with van der Waals surface area (Å²) in [5, 5.41) is 4.60. The van der Waals surface area contributed by atoms with Crippen molar-refractivity contribution >= 4 is 23.7 Å². The molecule has 0 fully saturated rings. The molecule has 0 saturated heterocycles. The van der Waals surface area contributed by atoms with E-state index in [1.165, 1.54) is 0 Å². The first-order valence-electron chi connectivity index (χ1n) is 8.62. The number of amides is 1. The zero-order valence-electron chi connectivity index (χ0n) is 15.0. The number of carbonyl (C=O) groups excluding carboxylic acids is 1. The minimum absolute atomic E-state index is 0.308. The van der Waals surface area contributed by atoms with E-state index >= 15 is 0 Å². The van der Waals surface area contributed by atoms with Gasteiger partial charge in [-0.3, -0.25) is 4.79 Å². The zero-order valence-corrected chi connectivity index (χ0v) is 15.8. The average Bonchev–Trinajstić information content (AvgIpc) is 2.66. The number of benzene rings is 2. The minimum Gasteiger partial charge on any atom is -0.493 e. The third-order valence-electron chi connectivity index (χ3n) is 3.40. The highest BCUT2D eigenvalue weighted by molar-refractivity contribution is 6.30. The van der Waals surface area contributed by atoms with Crippen LogP contribution in [0.25, 0.3) is 0 Å². The number of halogens is 1. The molecule has 1 amide bonds. The van der Waals surface area contributed by atoms with E-state index in [0.29, 0.717) is 29.5 Å². The molecule has 2 aromatic rings. The number of nitrogens with zero attached hydrogens (tertiary/aromatic N) is 1. The third-order valence-corrected chi connectivity index (χ3v) is 3.65. The fraction of sp³-hybridized carbons (Fsp3) is 0.300. The van der Waals surface area contributed by atoms with Gasteiger partial charge in [-0.2, -0.15) is 5.10 Å². The first kappa shape index (κ1) is 19.8. The van der Waals surface area contributed by atoms with Crippen LogP contribution in [0, 0.1) is 0 Å². The standard InChI is InChI=1S/C20H23ClN2O3/c1-3-11-25-18-10-7-16(19(13-18)26-12-4-2)14-22-23-20(24)15-5-8-17(21)9-6-15/h5-10,13-14H,3-4,11-12H2,1-2H3,(H,23,24)/b22-14+. The Labute approximate surface area is 159 Å². The van der Waals surface area contributed by atoms with Crippen LogP contribution in [0.5, 0.6) is 11.5 Å². The Hall–Kier alpha value is -2.53. The van der Waals surface area contributed by atoms with E-state index in [2.05, 4.69) is 17.5 Å². The molecular formula is C20H23ClN2O3. The van der Waals surface area contributed by atoms with Crippen LogP contribution in [-0.2, 0) is 0 Å². The molecule has 0 heterocycles. The van der Waals surface area contributed by atoms with Gasteiger partial charge in [0.25, 0.3) is 5.91 Å². The van der Waals surface area contributed by atoms with Crippen LogP contribution in [0.2, 0.25) is 5.02 Å². The van der Waals surface area contributed by atoms with Crippen molar-refractivity contribution in [3.8, 4) is 11.5 Å². The van der Waals surface area contributed by atoms with Gasteiger partial charge in [-0.05, 0) is 49.2 Å². The Morgan fingerprint density at radius 1 is 1.08 bits per heavy atom. The summed E-state index contributed by atoms with van der Waals surface area (Å²) in [6.07, 6.45) is 3.39. The Morgan fingerprint density at radius 2 is 1.77 bits per heavy atom. The van der Waals surface area contributed by atoms with Crippen molar-refractivity contribution in [3.05, 3.63) is 58.6 Å². The number of hydrogen-bond donors (Lipinski definition) is 1. The largest absolute Gasteiger partial charge is 0.493 e. The van der Waals surface area contributed by atoms with Gasteiger partial charge in [0, 0.05) is 22.2 Å². The number of hydrazone groups is 1. The molecule has 6 heteroatoms. The second-order valence-corrected chi connectivity index (χ2v) is 6.04. The van der Waals surface area contributed by atoms with Gasteiger partial charge in [-0.15, -0.1) is 0 Å². The van der Waals surface area contributed by atoms with Crippen LogP contribution in [0.15, 0.2) is 47.6 Å². The molecule has 138 valence electrons. The summed E-state index contributed by atoms with van der Waals surface area (Å²) in [4.78, 5) is 12.1. The smallest absolute Gasteiger partial charge is 0.271 e. The quantitative estimate of drug-likeness (QED) is 0.512. The van der Waals surface area contributed by atoms with E-state index in [1.807, 2.05) is 25.1 Å². The average molecular weight is 375 g/mol. The molecule has 5 nitrogen and oxygen atoms in total. The molecule has 2 rings (SSSR count). The predicted octanol–water partition coefficient (Wildman–Crippen LogP) is 4.68. The molecule has 26 heavy (non-hydrogen) atoms. The summed E-state index contributed by atoms with van der Waals surface area (Å²) < 4.78 is 11.4. The van der Waals surface area contributed by atoms with Crippen LogP contribution >= 0.6 is 11.6 Å². The molecule has 0 spiro atoms. The highest BCUT2D eigenvalue weighted by atomic mass is 35.5. The van der Waals surface area contributed by atoms with Crippen molar-refractivity contribution in [3.63, 3.8) is 0 Å². The Kier molecular flexibility index (Phi) is 7.96. The molecule has 0 atom stereocenters. The maximum atomic E-state index is 12.1. The summed E-state index contributed by atoms with van der Waals surface area (Å²) in [6.45, 7) is 5.34. The minimum atomic E-state index is -0.308. The fourth-order valence-electron chi connectivity index (χ4n) is 2.09. The second-order valence-electron chi connectivity index (χ2n) is 5.60. The van der Waals surface area contributed by atoms with E-state index < -0.39 is 0 Å². The molecule has 0 unspecified atom stereocenters. The Balaban J connectivity index is 2.06. The first-order chi connectivity index (χ1) is 12.6. The van der Waals surface area contributed by atoms with E-state index in [0.717, 1.165) is 24.2 Å². The molecule has 0 bridgehead atoms. The van der Waals surface area contributed by atoms with Crippen molar-refractivity contribution in [1.82, 2.24) is 5.43 Å². The zero-order chi connectivity index (χ0) is 18.8. The monoisotopic (exact) mass is 374 g/mol. The fourth-order valence-corrected chi connectivity index (χ4v) is 2.22. The van der Waals surface area contributed by atoms with Gasteiger partial charge in [-0.25, -0.2) is 5.43 Å². The molecule has 1 N–H and O–H groups in total. The van der Waals surface area contributed by atoms with Crippen molar-refractivity contribution < 1.29 is 14.3 Å². The van der Waals surface area contributed by atoms with Gasteiger partial charge in [0.05, 0.1) is 19.4 Å². The number of ether oxygens (including phenoxy) is 2. The highest BCUT2D eigenvalue weighted by Crippen LogP contribution is 2.24. The summed E-state index contributed by atoms with van der Waals surface area (Å²) in [7, 11) is 0. The topological polar surface area (TPSA) is 59.9 Å². The Morgan fingerprint density at radius 3 is 2.46 bits per heavy atom. The van der Waals surface area contributed by atoms with E-state index in [9.17, 15) is 4.79 Å². The van der Waals surface area contributed by atoms with E-state index in [-0.39, 0.29) is 5.91 Å². The van der Waals surface area contributed by atoms with Crippen molar-refractivity contribution in [2.75, 3.05) is 13.2 Å². The summed E-state index contributed by atoms with van der Waals surface area (Å²) in [5.41, 5.74) is 3.75. The van der Waals surface area contributed by atoms with Crippen LogP contribution in [0.3, 0.4) is 0 Å². The van der Waals surface area contributed by atoms with Crippen LogP contribution in [0.4, 0.5) is 0 Å². The number of rotatable bonds is 9. The molecular weight excluding hydrogens is 352 g/mol. The van der Waals surface area contributed by atoms with Crippen molar-refractivity contribution in [1.29, 1.82) is 0 Å². The summed E-state index contributed by atoms with van der Waals surface area (Å²) in [6, 6.07) is 12.2. The lowest BCUT2D eigenvalue weighted by Gasteiger charge is -2.11. The van der Waals surface area contributed by atoms with Gasteiger partial charge in [-0.1, -0.05) is 25.4 Å². The molecule has 0 radical (unpaired) electrons. The number of hydrogen-bond acceptors (Lipinski definition) is 4. The molecule has 2 aromatic carbocycles. The lowest BCUT2D eigenvalue weighted by Crippen LogP contribution is -2.17. The van der Waals surface area contributed by atoms with Gasteiger partial charge in [0.1, 0.15) is 11.5 Å².